The predicted molar refractivity (Wildman–Crippen MR) is 111 cm³/mol. The average Bonchev–Trinajstić information content (AvgIpc) is 3.17. The number of alkyl halides is 1. The Bertz CT molecular complexity index is 1210. The third-order valence-corrected chi connectivity index (χ3v) is 7.54. The molecule has 0 radical (unpaired) electrons. The van der Waals surface area contributed by atoms with Gasteiger partial charge in [0.05, 0.1) is 17.4 Å². The molecule has 8 nitrogen and oxygen atoms in total. The number of halogens is 1. The Kier molecular flexibility index (Phi) is 3.43. The highest BCUT2D eigenvalue weighted by Crippen LogP contribution is 2.75. The lowest BCUT2D eigenvalue weighted by Crippen LogP contribution is -2.58. The number of rotatable bonds is 4. The predicted octanol–water partition coefficient (Wildman–Crippen LogP) is 2.71. The molecule has 2 saturated heterocycles. The van der Waals surface area contributed by atoms with Gasteiger partial charge in [0.15, 0.2) is 5.82 Å². The standard InChI is InChI=1S/C22H22FN7O/c1-12(15-7-20(2)8-18-21(3,29-20)22(15,18)23)19-24-9-16(27-28-19)14-5-4-13(6-17(14)31)30-10-25-26-11-30/h4-6,9-11,15,18,29,31H,1,7-8H2,2-3H3/t15-,18?,20-,21-,22+/m1/s1. The number of nitrogens with zero attached hydrogens (tertiary/aromatic N) is 6. The van der Waals surface area contributed by atoms with E-state index in [1.54, 1.807) is 35.6 Å². The molecule has 4 heterocycles. The SMILES string of the molecule is C=C(c1ncc(-c2ccc(-n3cnnc3)cc2O)nn1)[C@H]1C[C@]2(C)CC3[C@]1(F)[C@]3(C)N2. The zero-order valence-corrected chi connectivity index (χ0v) is 17.2. The molecular formula is C22H22FN7O. The highest BCUT2D eigenvalue weighted by molar-refractivity contribution is 5.69. The van der Waals surface area contributed by atoms with Crippen molar-refractivity contribution in [3.05, 3.63) is 49.5 Å². The Hall–Kier alpha value is -3.20. The van der Waals surface area contributed by atoms with Crippen molar-refractivity contribution in [2.45, 2.75) is 43.4 Å². The van der Waals surface area contributed by atoms with E-state index in [0.717, 1.165) is 12.1 Å². The largest absolute Gasteiger partial charge is 0.507 e. The van der Waals surface area contributed by atoms with Crippen LogP contribution in [0.1, 0.15) is 32.5 Å². The molecule has 1 aromatic carbocycles. The first-order valence-corrected chi connectivity index (χ1v) is 10.3. The minimum absolute atomic E-state index is 0.00823. The zero-order valence-electron chi connectivity index (χ0n) is 17.2. The van der Waals surface area contributed by atoms with Gasteiger partial charge >= 0.3 is 0 Å². The zero-order chi connectivity index (χ0) is 21.6. The Morgan fingerprint density at radius 2 is 2.00 bits per heavy atom. The number of benzene rings is 1. The fourth-order valence-electron chi connectivity index (χ4n) is 6.01. The molecule has 2 aromatic heterocycles. The molecule has 0 spiro atoms. The summed E-state index contributed by atoms with van der Waals surface area (Å²) < 4.78 is 17.5. The van der Waals surface area contributed by atoms with Crippen molar-refractivity contribution >= 4 is 5.57 Å². The van der Waals surface area contributed by atoms with E-state index in [1.165, 1.54) is 0 Å². The van der Waals surface area contributed by atoms with Crippen LogP contribution in [0.3, 0.4) is 0 Å². The Labute approximate surface area is 178 Å². The van der Waals surface area contributed by atoms with E-state index in [2.05, 4.69) is 44.2 Å². The quantitative estimate of drug-likeness (QED) is 0.670. The molecule has 2 N–H and O–H groups in total. The second-order valence-corrected chi connectivity index (χ2v) is 9.43. The summed E-state index contributed by atoms with van der Waals surface area (Å²) in [5.41, 5.74) is 0.370. The second-order valence-electron chi connectivity index (χ2n) is 9.43. The smallest absolute Gasteiger partial charge is 0.177 e. The van der Waals surface area contributed by atoms with Gasteiger partial charge in [-0.05, 0) is 44.4 Å². The van der Waals surface area contributed by atoms with E-state index < -0.39 is 11.2 Å². The van der Waals surface area contributed by atoms with Crippen molar-refractivity contribution < 1.29 is 9.50 Å². The maximum atomic E-state index is 15.8. The van der Waals surface area contributed by atoms with Crippen LogP contribution in [-0.2, 0) is 0 Å². The van der Waals surface area contributed by atoms with E-state index in [-0.39, 0.29) is 23.1 Å². The van der Waals surface area contributed by atoms with E-state index in [0.29, 0.717) is 29.1 Å². The Balaban J connectivity index is 1.27. The van der Waals surface area contributed by atoms with Crippen molar-refractivity contribution in [2.24, 2.45) is 11.8 Å². The lowest BCUT2D eigenvalue weighted by Gasteiger charge is -2.44. The average molecular weight is 419 g/mol. The van der Waals surface area contributed by atoms with Crippen LogP contribution < -0.4 is 5.32 Å². The second kappa shape index (κ2) is 5.73. The summed E-state index contributed by atoms with van der Waals surface area (Å²) in [6, 6.07) is 5.14. The molecular weight excluding hydrogens is 397 g/mol. The van der Waals surface area contributed by atoms with Gasteiger partial charge in [0, 0.05) is 29.0 Å². The van der Waals surface area contributed by atoms with Gasteiger partial charge < -0.3 is 10.4 Å². The van der Waals surface area contributed by atoms with Crippen LogP contribution in [0.25, 0.3) is 22.5 Å². The van der Waals surface area contributed by atoms with Gasteiger partial charge in [-0.25, -0.2) is 9.37 Å². The Morgan fingerprint density at radius 1 is 1.23 bits per heavy atom. The molecule has 7 rings (SSSR count). The number of nitrogens with one attached hydrogen (secondary N) is 1. The molecule has 1 unspecified atom stereocenters. The number of allylic oxidation sites excluding steroid dienone is 1. The summed E-state index contributed by atoms with van der Waals surface area (Å²) in [7, 11) is 0. The van der Waals surface area contributed by atoms with Crippen molar-refractivity contribution in [3.8, 4) is 22.7 Å². The fraction of sp³-hybridized carbons (Fsp3) is 0.409. The number of hydrogen-bond acceptors (Lipinski definition) is 7. The molecule has 31 heavy (non-hydrogen) atoms. The summed E-state index contributed by atoms with van der Waals surface area (Å²) in [6.07, 6.45) is 6.16. The number of phenols is 1. The lowest BCUT2D eigenvalue weighted by molar-refractivity contribution is 0.0641. The molecule has 2 aliphatic heterocycles. The molecule has 0 amide bonds. The van der Waals surface area contributed by atoms with Gasteiger partial charge in [-0.3, -0.25) is 4.57 Å². The van der Waals surface area contributed by atoms with Crippen molar-refractivity contribution in [2.75, 3.05) is 0 Å². The molecule has 2 aliphatic carbocycles. The Morgan fingerprint density at radius 3 is 2.61 bits per heavy atom. The molecule has 3 aromatic rings. The minimum atomic E-state index is -1.31. The highest BCUT2D eigenvalue weighted by Gasteiger charge is 2.86. The van der Waals surface area contributed by atoms with Crippen LogP contribution >= 0.6 is 0 Å². The summed E-state index contributed by atoms with van der Waals surface area (Å²) in [4.78, 5) is 4.42. The summed E-state index contributed by atoms with van der Waals surface area (Å²) in [5, 5.41) is 30.0. The van der Waals surface area contributed by atoms with Crippen molar-refractivity contribution in [1.82, 2.24) is 35.3 Å². The first-order chi connectivity index (χ1) is 14.8. The molecule has 4 bridgehead atoms. The minimum Gasteiger partial charge on any atom is -0.507 e. The molecule has 9 heteroatoms. The van der Waals surface area contributed by atoms with E-state index in [9.17, 15) is 5.11 Å². The number of phenolic OH excluding ortho intramolecular Hbond substituents is 1. The number of hydrogen-bond donors (Lipinski definition) is 2. The van der Waals surface area contributed by atoms with E-state index in [4.69, 9.17) is 0 Å². The van der Waals surface area contributed by atoms with Gasteiger partial charge in [0.2, 0.25) is 0 Å². The van der Waals surface area contributed by atoms with E-state index >= 15 is 4.39 Å². The third kappa shape index (κ3) is 2.35. The molecule has 4 fully saturated rings. The van der Waals surface area contributed by atoms with Crippen molar-refractivity contribution in [1.29, 1.82) is 0 Å². The topological polar surface area (TPSA) is 102 Å². The van der Waals surface area contributed by atoms with Crippen LogP contribution in [0.15, 0.2) is 43.6 Å². The summed E-state index contributed by atoms with van der Waals surface area (Å²) >= 11 is 0. The van der Waals surface area contributed by atoms with Crippen LogP contribution in [0.5, 0.6) is 5.75 Å². The summed E-state index contributed by atoms with van der Waals surface area (Å²) in [6.45, 7) is 8.27. The number of aromatic hydroxyl groups is 1. The highest BCUT2D eigenvalue weighted by atomic mass is 19.1. The van der Waals surface area contributed by atoms with Crippen LogP contribution in [0.4, 0.5) is 4.39 Å². The molecule has 2 saturated carbocycles. The lowest BCUT2D eigenvalue weighted by atomic mass is 9.71. The van der Waals surface area contributed by atoms with Crippen LogP contribution in [0, 0.1) is 11.8 Å². The number of aromatic nitrogens is 6. The monoisotopic (exact) mass is 419 g/mol. The number of piperidine rings is 2. The third-order valence-electron chi connectivity index (χ3n) is 7.54. The van der Waals surface area contributed by atoms with Gasteiger partial charge in [0.1, 0.15) is 29.8 Å². The van der Waals surface area contributed by atoms with Crippen LogP contribution in [0.2, 0.25) is 0 Å². The van der Waals surface area contributed by atoms with Gasteiger partial charge in [0.25, 0.3) is 0 Å². The van der Waals surface area contributed by atoms with E-state index in [1.807, 2.05) is 13.0 Å². The fourth-order valence-corrected chi connectivity index (χ4v) is 6.01. The van der Waals surface area contributed by atoms with Gasteiger partial charge in [-0.2, -0.15) is 0 Å². The number of fused-ring (bicyclic) bond motifs is 1. The first-order valence-electron chi connectivity index (χ1n) is 10.3. The first kappa shape index (κ1) is 18.6. The van der Waals surface area contributed by atoms with Gasteiger partial charge in [-0.15, -0.1) is 20.4 Å². The maximum Gasteiger partial charge on any atom is 0.177 e. The molecule has 5 atom stereocenters. The van der Waals surface area contributed by atoms with Crippen molar-refractivity contribution in [3.63, 3.8) is 0 Å². The van der Waals surface area contributed by atoms with Gasteiger partial charge in [-0.1, -0.05) is 6.58 Å². The normalized spacial score (nSPS) is 35.2. The molecule has 158 valence electrons. The maximum absolute atomic E-state index is 15.8. The summed E-state index contributed by atoms with van der Waals surface area (Å²) in [5.74, 6) is 0.0720. The molecule has 4 aliphatic rings. The van der Waals surface area contributed by atoms with Crippen LogP contribution in [-0.4, -0.2) is 51.8 Å².